The second-order valence-electron chi connectivity index (χ2n) is 12.1. The van der Waals surface area contributed by atoms with Gasteiger partial charge < -0.3 is 40.2 Å². The van der Waals surface area contributed by atoms with Gasteiger partial charge in [-0.15, -0.1) is 37.2 Å². The lowest BCUT2D eigenvalue weighted by Gasteiger charge is -2.32. The maximum absolute atomic E-state index is 13.7. The van der Waals surface area contributed by atoms with Gasteiger partial charge >= 0.3 is 0 Å². The molecular formula is C36H48Cl3N7O5. The minimum absolute atomic E-state index is 0. The van der Waals surface area contributed by atoms with Gasteiger partial charge in [0, 0.05) is 45.2 Å². The number of hydrogen-bond acceptors (Lipinski definition) is 8. The molecule has 0 atom stereocenters. The van der Waals surface area contributed by atoms with Crippen LogP contribution >= 0.6 is 37.2 Å². The number of aromatic nitrogens is 2. The lowest BCUT2D eigenvalue weighted by molar-refractivity contribution is -0.132. The van der Waals surface area contributed by atoms with Gasteiger partial charge in [-0.1, -0.05) is 12.1 Å². The highest BCUT2D eigenvalue weighted by molar-refractivity contribution is 6.11. The van der Waals surface area contributed by atoms with E-state index in [1.165, 1.54) is 12.0 Å². The molecule has 0 spiro atoms. The van der Waals surface area contributed by atoms with E-state index in [0.29, 0.717) is 47.1 Å². The van der Waals surface area contributed by atoms with Gasteiger partial charge in [0.15, 0.2) is 0 Å². The van der Waals surface area contributed by atoms with Crippen molar-refractivity contribution in [2.75, 3.05) is 64.2 Å². The Morgan fingerprint density at radius 3 is 2.41 bits per heavy atom. The van der Waals surface area contributed by atoms with Gasteiger partial charge in [0.2, 0.25) is 5.91 Å². The fourth-order valence-corrected chi connectivity index (χ4v) is 5.75. The Kier molecular flexibility index (Phi) is 17.0. The smallest absolute Gasteiger partial charge is 0.259 e. The number of ether oxygens (including phenoxy) is 2. The van der Waals surface area contributed by atoms with Gasteiger partial charge in [-0.2, -0.15) is 0 Å². The maximum atomic E-state index is 13.7. The van der Waals surface area contributed by atoms with Crippen LogP contribution in [-0.4, -0.2) is 91.5 Å². The van der Waals surface area contributed by atoms with Crippen molar-refractivity contribution in [1.82, 2.24) is 19.8 Å². The first-order valence-corrected chi connectivity index (χ1v) is 16.3. The number of imidazole rings is 1. The summed E-state index contributed by atoms with van der Waals surface area (Å²) in [5.74, 6) is 1.02. The predicted octanol–water partition coefficient (Wildman–Crippen LogP) is 5.85. The number of piperazine rings is 1. The molecule has 4 aromatic rings. The zero-order valence-electron chi connectivity index (χ0n) is 29.4. The molecule has 278 valence electrons. The normalized spacial score (nSPS) is 12.6. The fraction of sp³-hybridized carbons (Fsp3) is 0.389. The molecule has 1 aromatic heterocycles. The number of anilines is 2. The van der Waals surface area contributed by atoms with Gasteiger partial charge in [-0.05, 0) is 81.3 Å². The van der Waals surface area contributed by atoms with E-state index in [9.17, 15) is 14.4 Å². The molecule has 1 fully saturated rings. The van der Waals surface area contributed by atoms with E-state index in [2.05, 4.69) is 27.2 Å². The van der Waals surface area contributed by atoms with Crippen LogP contribution in [0, 0.1) is 6.92 Å². The van der Waals surface area contributed by atoms with E-state index in [4.69, 9.17) is 15.2 Å². The number of nitrogens with zero attached hydrogens (tertiary/aromatic N) is 4. The van der Waals surface area contributed by atoms with Crippen molar-refractivity contribution in [1.29, 1.82) is 0 Å². The number of carbonyl (C=O) groups is 3. The molecule has 0 unspecified atom stereocenters. The summed E-state index contributed by atoms with van der Waals surface area (Å²) >= 11 is 0. The zero-order chi connectivity index (χ0) is 34.2. The van der Waals surface area contributed by atoms with Gasteiger partial charge in [-0.25, -0.2) is 4.98 Å². The molecule has 0 radical (unpaired) electrons. The van der Waals surface area contributed by atoms with Crippen LogP contribution in [0.5, 0.6) is 11.5 Å². The molecule has 5 rings (SSSR count). The number of rotatable bonds is 13. The van der Waals surface area contributed by atoms with Crippen LogP contribution in [-0.2, 0) is 11.3 Å². The number of halogens is 3. The Bertz CT molecular complexity index is 1780. The number of likely N-dealkylation sites (N-methyl/N-ethyl adjacent to an activating group) is 1. The topological polar surface area (TPSA) is 146 Å². The first-order valence-electron chi connectivity index (χ1n) is 16.3. The number of nitrogens with two attached hydrogens (primary N) is 1. The third-order valence-electron chi connectivity index (χ3n) is 8.63. The number of methoxy groups -OCH3 is 1. The summed E-state index contributed by atoms with van der Waals surface area (Å²) in [4.78, 5) is 52.9. The van der Waals surface area contributed by atoms with E-state index < -0.39 is 5.91 Å². The number of carbonyl (C=O) groups excluding carboxylic acids is 3. The van der Waals surface area contributed by atoms with Crippen LogP contribution in [0.4, 0.5) is 11.4 Å². The number of hydrogen-bond donors (Lipinski definition) is 3. The molecule has 3 aromatic carbocycles. The number of para-hydroxylation sites is 1. The number of H-pyrrole nitrogens is 1. The molecule has 0 saturated carbocycles. The Morgan fingerprint density at radius 2 is 1.71 bits per heavy atom. The summed E-state index contributed by atoms with van der Waals surface area (Å²) in [6.45, 7) is 6.14. The highest BCUT2D eigenvalue weighted by Crippen LogP contribution is 2.31. The molecule has 4 N–H and O–H groups in total. The van der Waals surface area contributed by atoms with E-state index in [0.717, 1.165) is 56.5 Å². The number of unbranched alkanes of at least 4 members (excludes halogenated alkanes) is 2. The Hall–Kier alpha value is -4.07. The molecular weight excluding hydrogens is 717 g/mol. The van der Waals surface area contributed by atoms with Crippen LogP contribution in [0.1, 0.15) is 57.8 Å². The van der Waals surface area contributed by atoms with Gasteiger partial charge in [0.05, 0.1) is 42.7 Å². The van der Waals surface area contributed by atoms with E-state index in [-0.39, 0.29) is 66.9 Å². The number of benzene rings is 3. The molecule has 1 aliphatic rings. The van der Waals surface area contributed by atoms with Gasteiger partial charge in [0.25, 0.3) is 11.8 Å². The molecule has 2 heterocycles. The van der Waals surface area contributed by atoms with Crippen molar-refractivity contribution < 1.29 is 23.9 Å². The summed E-state index contributed by atoms with van der Waals surface area (Å²) in [6, 6.07) is 15.9. The van der Waals surface area contributed by atoms with Crippen molar-refractivity contribution in [2.45, 2.75) is 39.2 Å². The molecule has 51 heavy (non-hydrogen) atoms. The summed E-state index contributed by atoms with van der Waals surface area (Å²) in [5.41, 5.74) is 9.88. The summed E-state index contributed by atoms with van der Waals surface area (Å²) in [7, 11) is 5.23. The molecule has 3 amide bonds. The van der Waals surface area contributed by atoms with E-state index in [1.54, 1.807) is 31.3 Å². The lowest BCUT2D eigenvalue weighted by Crippen LogP contribution is -2.47. The number of nitrogens with one attached hydrogen (secondary N) is 2. The molecule has 1 aliphatic heterocycles. The first-order chi connectivity index (χ1) is 23.2. The molecule has 1 saturated heterocycles. The average Bonchev–Trinajstić information content (AvgIpc) is 3.54. The number of amides is 3. The molecule has 0 bridgehead atoms. The van der Waals surface area contributed by atoms with E-state index >= 15 is 0 Å². The van der Waals surface area contributed by atoms with Crippen molar-refractivity contribution in [2.24, 2.45) is 5.73 Å². The summed E-state index contributed by atoms with van der Waals surface area (Å²) in [6.07, 6.45) is 3.04. The van der Waals surface area contributed by atoms with Crippen LogP contribution in [0.25, 0.3) is 11.0 Å². The van der Waals surface area contributed by atoms with Crippen LogP contribution in [0.15, 0.2) is 54.6 Å². The minimum atomic E-state index is -0.401. The molecule has 15 heteroatoms. The predicted molar refractivity (Wildman–Crippen MR) is 209 cm³/mol. The van der Waals surface area contributed by atoms with Gasteiger partial charge in [-0.3, -0.25) is 14.4 Å². The molecule has 0 aliphatic carbocycles. The van der Waals surface area contributed by atoms with Crippen molar-refractivity contribution in [3.05, 3.63) is 77.1 Å². The summed E-state index contributed by atoms with van der Waals surface area (Å²) in [5, 5.41) is 2.90. The van der Waals surface area contributed by atoms with Crippen LogP contribution in [0.3, 0.4) is 0 Å². The third kappa shape index (κ3) is 10.7. The minimum Gasteiger partial charge on any atom is -0.496 e. The number of fused-ring (bicyclic) bond motifs is 1. The highest BCUT2D eigenvalue weighted by atomic mass is 35.5. The quantitative estimate of drug-likeness (QED) is 0.144. The highest BCUT2D eigenvalue weighted by Gasteiger charge is 2.22. The van der Waals surface area contributed by atoms with Crippen LogP contribution < -0.4 is 25.4 Å². The first kappa shape index (κ1) is 43.1. The van der Waals surface area contributed by atoms with Crippen LogP contribution in [0.2, 0.25) is 0 Å². The van der Waals surface area contributed by atoms with Crippen molar-refractivity contribution in [3.8, 4) is 11.5 Å². The van der Waals surface area contributed by atoms with Crippen molar-refractivity contribution in [3.63, 3.8) is 0 Å². The third-order valence-corrected chi connectivity index (χ3v) is 8.63. The fourth-order valence-electron chi connectivity index (χ4n) is 5.75. The van der Waals surface area contributed by atoms with E-state index in [1.807, 2.05) is 42.2 Å². The lowest BCUT2D eigenvalue weighted by atomic mass is 10.1. The SMILES string of the molecule is COc1cc(C(=O)N(C)c2ccc(C)cc2OCCCCCC(=O)N2CCN(C)CC2)ccc1C(=O)Nc1cccc2[nH]c(CN)nc12.Cl.Cl.Cl. The molecule has 12 nitrogen and oxygen atoms in total. The largest absolute Gasteiger partial charge is 0.496 e. The summed E-state index contributed by atoms with van der Waals surface area (Å²) < 4.78 is 11.7. The monoisotopic (exact) mass is 763 g/mol. The Morgan fingerprint density at radius 1 is 0.961 bits per heavy atom. The maximum Gasteiger partial charge on any atom is 0.259 e. The second-order valence-corrected chi connectivity index (χ2v) is 12.1. The number of aromatic amines is 1. The standard InChI is InChI=1S/C36H45N7O5.3ClH/c1-24-12-15-29(31(21-24)48-20-7-5-6-11-33(44)43-18-16-41(2)17-19-43)42(3)36(46)25-13-14-26(30(22-25)47-4)35(45)39-28-10-8-9-27-34(28)40-32(23-37)38-27;;;/h8-10,12-15,21-22H,5-7,11,16-20,23,37H2,1-4H3,(H,38,40)(H,39,45);3*1H. The van der Waals surface area contributed by atoms with Gasteiger partial charge in [0.1, 0.15) is 22.8 Å². The Balaban J connectivity index is 0.00000300. The second kappa shape index (κ2) is 20.1. The zero-order valence-corrected chi connectivity index (χ0v) is 31.8. The average molecular weight is 765 g/mol. The Labute approximate surface area is 317 Å². The van der Waals surface area contributed by atoms with Crippen molar-refractivity contribution >= 4 is 77.4 Å². The number of aryl methyl sites for hydroxylation is 1.